The molecule has 0 aliphatic rings. The SMILES string of the molecule is COc1c(Cl)cc(Cl)cc1/C=C/C(=O)Nc1ccc(Cc2ccncc2)cc1. The van der Waals surface area contributed by atoms with Gasteiger partial charge in [0, 0.05) is 34.7 Å². The predicted molar refractivity (Wildman–Crippen MR) is 114 cm³/mol. The van der Waals surface area contributed by atoms with E-state index in [0.29, 0.717) is 27.0 Å². The van der Waals surface area contributed by atoms with Crippen molar-refractivity contribution in [1.82, 2.24) is 4.98 Å². The monoisotopic (exact) mass is 412 g/mol. The summed E-state index contributed by atoms with van der Waals surface area (Å²) >= 11 is 12.1. The van der Waals surface area contributed by atoms with Gasteiger partial charge in [0.1, 0.15) is 5.75 Å². The van der Waals surface area contributed by atoms with Crippen LogP contribution in [0.15, 0.2) is 67.0 Å². The second-order valence-electron chi connectivity index (χ2n) is 6.06. The van der Waals surface area contributed by atoms with E-state index in [1.807, 2.05) is 36.4 Å². The summed E-state index contributed by atoms with van der Waals surface area (Å²) in [6, 6.07) is 15.0. The lowest BCUT2D eigenvalue weighted by Gasteiger charge is -2.08. The molecule has 3 aromatic rings. The number of ether oxygens (including phenoxy) is 1. The topological polar surface area (TPSA) is 51.2 Å². The molecule has 0 atom stereocenters. The van der Waals surface area contributed by atoms with Gasteiger partial charge in [0.05, 0.1) is 12.1 Å². The van der Waals surface area contributed by atoms with Gasteiger partial charge in [-0.2, -0.15) is 0 Å². The summed E-state index contributed by atoms with van der Waals surface area (Å²) in [5.74, 6) is 0.204. The Morgan fingerprint density at radius 1 is 1.07 bits per heavy atom. The van der Waals surface area contributed by atoms with Crippen LogP contribution in [0.4, 0.5) is 5.69 Å². The molecule has 1 N–H and O–H groups in total. The molecule has 0 unspecified atom stereocenters. The molecule has 1 amide bonds. The van der Waals surface area contributed by atoms with Crippen LogP contribution in [0.3, 0.4) is 0 Å². The maximum absolute atomic E-state index is 12.2. The first kappa shape index (κ1) is 19.9. The van der Waals surface area contributed by atoms with Crippen LogP contribution in [0.1, 0.15) is 16.7 Å². The van der Waals surface area contributed by atoms with Crippen LogP contribution in [-0.2, 0) is 11.2 Å². The number of benzene rings is 2. The second kappa shape index (κ2) is 9.40. The van der Waals surface area contributed by atoms with Crippen LogP contribution < -0.4 is 10.1 Å². The number of methoxy groups -OCH3 is 1. The fraction of sp³-hybridized carbons (Fsp3) is 0.0909. The van der Waals surface area contributed by atoms with Crippen molar-refractivity contribution < 1.29 is 9.53 Å². The van der Waals surface area contributed by atoms with Gasteiger partial charge < -0.3 is 10.1 Å². The molecule has 0 aliphatic carbocycles. The third-order valence-electron chi connectivity index (χ3n) is 4.03. The lowest BCUT2D eigenvalue weighted by molar-refractivity contribution is -0.111. The van der Waals surface area contributed by atoms with Crippen molar-refractivity contribution in [3.8, 4) is 5.75 Å². The summed E-state index contributed by atoms with van der Waals surface area (Å²) in [7, 11) is 1.51. The summed E-state index contributed by atoms with van der Waals surface area (Å²) in [5.41, 5.74) is 3.67. The van der Waals surface area contributed by atoms with Crippen molar-refractivity contribution in [2.75, 3.05) is 12.4 Å². The molecule has 0 spiro atoms. The van der Waals surface area contributed by atoms with Crippen LogP contribution in [0.25, 0.3) is 6.08 Å². The minimum Gasteiger partial charge on any atom is -0.495 e. The molecule has 3 rings (SSSR count). The number of rotatable bonds is 6. The zero-order valence-electron chi connectivity index (χ0n) is 15.2. The number of hydrogen-bond acceptors (Lipinski definition) is 3. The molecule has 0 saturated heterocycles. The number of carbonyl (C=O) groups is 1. The van der Waals surface area contributed by atoms with Gasteiger partial charge in [0.2, 0.25) is 5.91 Å². The quantitative estimate of drug-likeness (QED) is 0.532. The number of aromatic nitrogens is 1. The molecule has 6 heteroatoms. The minimum atomic E-state index is -0.264. The van der Waals surface area contributed by atoms with Crippen molar-refractivity contribution >= 4 is 40.9 Å². The van der Waals surface area contributed by atoms with Crippen molar-refractivity contribution in [2.45, 2.75) is 6.42 Å². The first-order chi connectivity index (χ1) is 13.5. The van der Waals surface area contributed by atoms with E-state index in [9.17, 15) is 4.79 Å². The molecule has 142 valence electrons. The van der Waals surface area contributed by atoms with Crippen molar-refractivity contribution in [1.29, 1.82) is 0 Å². The van der Waals surface area contributed by atoms with Gasteiger partial charge in [0.15, 0.2) is 0 Å². The average Bonchev–Trinajstić information content (AvgIpc) is 2.68. The number of halogens is 2. The highest BCUT2D eigenvalue weighted by atomic mass is 35.5. The van der Waals surface area contributed by atoms with Crippen LogP contribution in [0.5, 0.6) is 5.75 Å². The van der Waals surface area contributed by atoms with Crippen molar-refractivity contribution in [2.24, 2.45) is 0 Å². The summed E-state index contributed by atoms with van der Waals surface area (Å²) in [6.07, 6.45) is 7.39. The van der Waals surface area contributed by atoms with Crippen molar-refractivity contribution in [3.63, 3.8) is 0 Å². The fourth-order valence-electron chi connectivity index (χ4n) is 2.71. The molecule has 0 fully saturated rings. The van der Waals surface area contributed by atoms with Gasteiger partial charge in [-0.15, -0.1) is 0 Å². The van der Waals surface area contributed by atoms with E-state index in [1.165, 1.54) is 18.7 Å². The molecule has 28 heavy (non-hydrogen) atoms. The standard InChI is InChI=1S/C22H18Cl2N2O2/c1-28-22-17(13-18(23)14-20(22)24)4-7-21(27)26-19-5-2-15(3-6-19)12-16-8-10-25-11-9-16/h2-11,13-14H,12H2,1H3,(H,26,27)/b7-4+. The van der Waals surface area contributed by atoms with Crippen LogP contribution in [-0.4, -0.2) is 18.0 Å². The predicted octanol–water partition coefficient (Wildman–Crippen LogP) is 5.64. The highest BCUT2D eigenvalue weighted by molar-refractivity contribution is 6.36. The first-order valence-corrected chi connectivity index (χ1v) is 9.30. The van der Waals surface area contributed by atoms with Gasteiger partial charge >= 0.3 is 0 Å². The molecule has 1 heterocycles. The van der Waals surface area contributed by atoms with E-state index < -0.39 is 0 Å². The highest BCUT2D eigenvalue weighted by Crippen LogP contribution is 2.33. The highest BCUT2D eigenvalue weighted by Gasteiger charge is 2.08. The van der Waals surface area contributed by atoms with Gasteiger partial charge in [0.25, 0.3) is 0 Å². The smallest absolute Gasteiger partial charge is 0.248 e. The normalized spacial score (nSPS) is 10.8. The van der Waals surface area contributed by atoms with E-state index in [4.69, 9.17) is 27.9 Å². The number of hydrogen-bond donors (Lipinski definition) is 1. The summed E-state index contributed by atoms with van der Waals surface area (Å²) in [4.78, 5) is 16.2. The molecule has 0 saturated carbocycles. The average molecular weight is 413 g/mol. The number of pyridine rings is 1. The Hall–Kier alpha value is -2.82. The van der Waals surface area contributed by atoms with Crippen molar-refractivity contribution in [3.05, 3.63) is 93.7 Å². The zero-order valence-corrected chi connectivity index (χ0v) is 16.7. The number of amides is 1. The maximum Gasteiger partial charge on any atom is 0.248 e. The lowest BCUT2D eigenvalue weighted by Crippen LogP contribution is -2.07. The number of nitrogens with zero attached hydrogens (tertiary/aromatic N) is 1. The van der Waals surface area contributed by atoms with E-state index in [1.54, 1.807) is 30.6 Å². The molecular weight excluding hydrogens is 395 g/mol. The maximum atomic E-state index is 12.2. The number of nitrogens with one attached hydrogen (secondary N) is 1. The largest absolute Gasteiger partial charge is 0.495 e. The van der Waals surface area contributed by atoms with Crippen LogP contribution in [0.2, 0.25) is 10.0 Å². The molecule has 0 bridgehead atoms. The van der Waals surface area contributed by atoms with Gasteiger partial charge in [-0.3, -0.25) is 9.78 Å². The fourth-order valence-corrected chi connectivity index (χ4v) is 3.30. The Morgan fingerprint density at radius 2 is 1.75 bits per heavy atom. The number of carbonyl (C=O) groups excluding carboxylic acids is 1. The summed E-state index contributed by atoms with van der Waals surface area (Å²) in [6.45, 7) is 0. The number of anilines is 1. The lowest BCUT2D eigenvalue weighted by atomic mass is 10.1. The summed E-state index contributed by atoms with van der Waals surface area (Å²) in [5, 5.41) is 3.68. The Balaban J connectivity index is 1.64. The van der Waals surface area contributed by atoms with Crippen LogP contribution >= 0.6 is 23.2 Å². The summed E-state index contributed by atoms with van der Waals surface area (Å²) < 4.78 is 5.27. The Labute approximate surface area is 173 Å². The third kappa shape index (κ3) is 5.35. The molecule has 0 aliphatic heterocycles. The Kier molecular flexibility index (Phi) is 6.69. The Bertz CT molecular complexity index is 987. The third-order valence-corrected chi connectivity index (χ3v) is 4.53. The Morgan fingerprint density at radius 3 is 2.43 bits per heavy atom. The van der Waals surface area contributed by atoms with E-state index >= 15 is 0 Å². The second-order valence-corrected chi connectivity index (χ2v) is 6.91. The van der Waals surface area contributed by atoms with Gasteiger partial charge in [-0.05, 0) is 60.0 Å². The van der Waals surface area contributed by atoms with Gasteiger partial charge in [-0.25, -0.2) is 0 Å². The van der Waals surface area contributed by atoms with E-state index in [0.717, 1.165) is 12.0 Å². The van der Waals surface area contributed by atoms with E-state index in [-0.39, 0.29) is 5.91 Å². The van der Waals surface area contributed by atoms with Gasteiger partial charge in [-0.1, -0.05) is 35.3 Å². The minimum absolute atomic E-state index is 0.264. The zero-order chi connectivity index (χ0) is 19.9. The molecule has 4 nitrogen and oxygen atoms in total. The molecule has 0 radical (unpaired) electrons. The van der Waals surface area contributed by atoms with E-state index in [2.05, 4.69) is 10.3 Å². The molecule has 2 aromatic carbocycles. The van der Waals surface area contributed by atoms with Crippen LogP contribution in [0, 0.1) is 0 Å². The molecular formula is C22H18Cl2N2O2. The first-order valence-electron chi connectivity index (χ1n) is 8.55. The molecule has 1 aromatic heterocycles.